The molecular weight excluding hydrogens is 268 g/mol. The highest BCUT2D eigenvalue weighted by Gasteiger charge is 2.26. The maximum Gasteiger partial charge on any atom is 0.254 e. The predicted octanol–water partition coefficient (Wildman–Crippen LogP) is 2.75. The standard InChI is InChI=1S/C16H22N2OS/c1-10-8-11(2)14(12(3)9-10)16(19)18-6-4-13(5-7-18)15(17)20/h8-9,13H,4-7H2,1-3H3,(H2,17,20). The van der Waals surface area contributed by atoms with Crippen molar-refractivity contribution in [2.45, 2.75) is 33.6 Å². The van der Waals surface area contributed by atoms with E-state index in [2.05, 4.69) is 19.1 Å². The zero-order chi connectivity index (χ0) is 14.9. The van der Waals surface area contributed by atoms with Gasteiger partial charge in [-0.1, -0.05) is 29.9 Å². The number of nitrogens with zero attached hydrogens (tertiary/aromatic N) is 1. The molecule has 1 aromatic carbocycles. The second-order valence-electron chi connectivity index (χ2n) is 5.74. The Labute approximate surface area is 126 Å². The molecule has 0 unspecified atom stereocenters. The van der Waals surface area contributed by atoms with Crippen LogP contribution in [0.5, 0.6) is 0 Å². The van der Waals surface area contributed by atoms with Crippen LogP contribution in [-0.4, -0.2) is 28.9 Å². The van der Waals surface area contributed by atoms with Crippen LogP contribution in [0.15, 0.2) is 12.1 Å². The molecule has 2 N–H and O–H groups in total. The van der Waals surface area contributed by atoms with E-state index in [1.54, 1.807) is 0 Å². The quantitative estimate of drug-likeness (QED) is 0.852. The highest BCUT2D eigenvalue weighted by atomic mass is 32.1. The Bertz CT molecular complexity index is 522. The monoisotopic (exact) mass is 290 g/mol. The molecule has 0 spiro atoms. The van der Waals surface area contributed by atoms with Crippen molar-refractivity contribution in [1.29, 1.82) is 0 Å². The SMILES string of the molecule is Cc1cc(C)c(C(=O)N2CCC(C(N)=S)CC2)c(C)c1. The van der Waals surface area contributed by atoms with Gasteiger partial charge in [0.2, 0.25) is 0 Å². The van der Waals surface area contributed by atoms with Crippen molar-refractivity contribution in [3.63, 3.8) is 0 Å². The number of amides is 1. The normalized spacial score (nSPS) is 16.2. The molecule has 1 aliphatic heterocycles. The van der Waals surface area contributed by atoms with Gasteiger partial charge in [-0.15, -0.1) is 0 Å². The zero-order valence-electron chi connectivity index (χ0n) is 12.4. The molecule has 0 bridgehead atoms. The molecule has 2 rings (SSSR count). The van der Waals surface area contributed by atoms with Crippen LogP contribution in [0, 0.1) is 26.7 Å². The second kappa shape index (κ2) is 5.92. The Kier molecular flexibility index (Phi) is 4.43. The average molecular weight is 290 g/mol. The number of thiocarbonyl (C=S) groups is 1. The third kappa shape index (κ3) is 3.01. The first-order chi connectivity index (χ1) is 9.40. The minimum atomic E-state index is 0.140. The summed E-state index contributed by atoms with van der Waals surface area (Å²) in [6.07, 6.45) is 1.76. The topological polar surface area (TPSA) is 46.3 Å². The lowest BCUT2D eigenvalue weighted by Crippen LogP contribution is -2.41. The Balaban J connectivity index is 2.16. The first-order valence-electron chi connectivity index (χ1n) is 7.06. The van der Waals surface area contributed by atoms with E-state index in [-0.39, 0.29) is 11.8 Å². The molecule has 1 saturated heterocycles. The molecule has 0 aliphatic carbocycles. The van der Waals surface area contributed by atoms with Gasteiger partial charge >= 0.3 is 0 Å². The fourth-order valence-electron chi connectivity index (χ4n) is 3.04. The highest BCUT2D eigenvalue weighted by Crippen LogP contribution is 2.23. The van der Waals surface area contributed by atoms with Gasteiger partial charge < -0.3 is 10.6 Å². The lowest BCUT2D eigenvalue weighted by Gasteiger charge is -2.32. The molecule has 1 aromatic rings. The average Bonchev–Trinajstić information content (AvgIpc) is 2.37. The summed E-state index contributed by atoms with van der Waals surface area (Å²) in [5.74, 6) is 0.427. The summed E-state index contributed by atoms with van der Waals surface area (Å²) < 4.78 is 0. The van der Waals surface area contributed by atoms with Crippen LogP contribution in [0.25, 0.3) is 0 Å². The van der Waals surface area contributed by atoms with Gasteiger partial charge in [0.15, 0.2) is 0 Å². The Morgan fingerprint density at radius 2 is 1.70 bits per heavy atom. The number of benzene rings is 1. The van der Waals surface area contributed by atoms with Crippen LogP contribution in [0.1, 0.15) is 39.9 Å². The first kappa shape index (κ1) is 15.0. The summed E-state index contributed by atoms with van der Waals surface area (Å²) in [4.78, 5) is 15.2. The summed E-state index contributed by atoms with van der Waals surface area (Å²) in [6, 6.07) is 4.14. The van der Waals surface area contributed by atoms with Crippen LogP contribution < -0.4 is 5.73 Å². The molecule has 3 nitrogen and oxygen atoms in total. The van der Waals surface area contributed by atoms with Gasteiger partial charge in [-0.25, -0.2) is 0 Å². The molecule has 0 aromatic heterocycles. The Morgan fingerprint density at radius 1 is 1.20 bits per heavy atom. The van der Waals surface area contributed by atoms with E-state index >= 15 is 0 Å². The lowest BCUT2D eigenvalue weighted by molar-refractivity contribution is 0.0709. The lowest BCUT2D eigenvalue weighted by atomic mass is 9.94. The smallest absolute Gasteiger partial charge is 0.254 e. The maximum absolute atomic E-state index is 12.7. The van der Waals surface area contributed by atoms with Gasteiger partial charge in [0.1, 0.15) is 0 Å². The van der Waals surface area contributed by atoms with E-state index in [1.165, 1.54) is 5.56 Å². The van der Waals surface area contributed by atoms with E-state index in [0.29, 0.717) is 4.99 Å². The van der Waals surface area contributed by atoms with Crippen LogP contribution >= 0.6 is 12.2 Å². The van der Waals surface area contributed by atoms with Gasteiger partial charge in [-0.2, -0.15) is 0 Å². The largest absolute Gasteiger partial charge is 0.393 e. The van der Waals surface area contributed by atoms with E-state index in [9.17, 15) is 4.79 Å². The summed E-state index contributed by atoms with van der Waals surface area (Å²) in [6.45, 7) is 7.56. The number of carbonyl (C=O) groups excluding carboxylic acids is 1. The van der Waals surface area contributed by atoms with Gasteiger partial charge in [-0.3, -0.25) is 4.79 Å². The van der Waals surface area contributed by atoms with E-state index in [4.69, 9.17) is 18.0 Å². The van der Waals surface area contributed by atoms with Crippen LogP contribution in [0.4, 0.5) is 0 Å². The number of hydrogen-bond acceptors (Lipinski definition) is 2. The van der Waals surface area contributed by atoms with Gasteiger partial charge in [0.05, 0.1) is 4.99 Å². The fourth-order valence-corrected chi connectivity index (χ4v) is 3.28. The fraction of sp³-hybridized carbons (Fsp3) is 0.500. The van der Waals surface area contributed by atoms with Crippen LogP contribution in [0.2, 0.25) is 0 Å². The molecule has 1 amide bonds. The predicted molar refractivity (Wildman–Crippen MR) is 86.1 cm³/mol. The number of nitrogens with two attached hydrogens (primary N) is 1. The molecule has 4 heteroatoms. The first-order valence-corrected chi connectivity index (χ1v) is 7.47. The number of piperidine rings is 1. The second-order valence-corrected chi connectivity index (χ2v) is 6.21. The van der Waals surface area contributed by atoms with Crippen molar-refractivity contribution in [2.75, 3.05) is 13.1 Å². The molecule has 20 heavy (non-hydrogen) atoms. The Hall–Kier alpha value is -1.42. The number of carbonyl (C=O) groups is 1. The van der Waals surface area contributed by atoms with E-state index in [1.807, 2.05) is 18.7 Å². The minimum Gasteiger partial charge on any atom is -0.393 e. The maximum atomic E-state index is 12.7. The van der Waals surface area contributed by atoms with Crippen LogP contribution in [-0.2, 0) is 0 Å². The van der Waals surface area contributed by atoms with E-state index in [0.717, 1.165) is 42.6 Å². The summed E-state index contributed by atoms with van der Waals surface area (Å²) in [5, 5.41) is 0. The van der Waals surface area contributed by atoms with Crippen molar-refractivity contribution < 1.29 is 4.79 Å². The van der Waals surface area contributed by atoms with Crippen molar-refractivity contribution >= 4 is 23.1 Å². The number of hydrogen-bond donors (Lipinski definition) is 1. The van der Waals surface area contributed by atoms with Gasteiger partial charge in [-0.05, 0) is 44.7 Å². The molecule has 1 heterocycles. The molecule has 0 radical (unpaired) electrons. The molecule has 0 atom stereocenters. The van der Waals surface area contributed by atoms with Gasteiger partial charge in [0, 0.05) is 24.6 Å². The molecule has 1 fully saturated rings. The molecular formula is C16H22N2OS. The molecule has 108 valence electrons. The number of aryl methyl sites for hydroxylation is 3. The summed E-state index contributed by atoms with van der Waals surface area (Å²) >= 11 is 5.04. The third-order valence-corrected chi connectivity index (χ3v) is 4.41. The van der Waals surface area contributed by atoms with Crippen molar-refractivity contribution in [2.24, 2.45) is 11.7 Å². The highest BCUT2D eigenvalue weighted by molar-refractivity contribution is 7.80. The van der Waals surface area contributed by atoms with Crippen molar-refractivity contribution in [3.8, 4) is 0 Å². The van der Waals surface area contributed by atoms with Crippen LogP contribution in [0.3, 0.4) is 0 Å². The van der Waals surface area contributed by atoms with Crippen molar-refractivity contribution in [3.05, 3.63) is 34.4 Å². The number of likely N-dealkylation sites (tertiary alicyclic amines) is 1. The molecule has 0 saturated carbocycles. The minimum absolute atomic E-state index is 0.140. The zero-order valence-corrected chi connectivity index (χ0v) is 13.2. The Morgan fingerprint density at radius 3 is 2.15 bits per heavy atom. The molecule has 1 aliphatic rings. The van der Waals surface area contributed by atoms with Crippen molar-refractivity contribution in [1.82, 2.24) is 4.90 Å². The number of rotatable bonds is 2. The van der Waals surface area contributed by atoms with E-state index < -0.39 is 0 Å². The third-order valence-electron chi connectivity index (χ3n) is 4.08. The van der Waals surface area contributed by atoms with Gasteiger partial charge in [0.25, 0.3) is 5.91 Å². The summed E-state index contributed by atoms with van der Waals surface area (Å²) in [7, 11) is 0. The summed E-state index contributed by atoms with van der Waals surface area (Å²) in [5.41, 5.74) is 9.86.